The van der Waals surface area contributed by atoms with E-state index in [0.717, 1.165) is 11.4 Å². The number of hydrogen-bond donors (Lipinski definition) is 1. The fourth-order valence-corrected chi connectivity index (χ4v) is 1.35. The Kier molecular flexibility index (Phi) is 4.01. The highest BCUT2D eigenvalue weighted by atomic mass is 16.5. The molecule has 1 rings (SSSR count). The topological polar surface area (TPSA) is 21.3 Å². The first kappa shape index (κ1) is 11.9. The third-order valence-electron chi connectivity index (χ3n) is 2.74. The van der Waals surface area contributed by atoms with Crippen LogP contribution in [0.4, 0.5) is 5.69 Å². The van der Waals surface area contributed by atoms with Gasteiger partial charge in [0.1, 0.15) is 5.75 Å². The van der Waals surface area contributed by atoms with E-state index in [1.807, 2.05) is 6.07 Å². The Morgan fingerprint density at radius 1 is 1.20 bits per heavy atom. The van der Waals surface area contributed by atoms with Crippen LogP contribution in [-0.4, -0.2) is 13.2 Å². The summed E-state index contributed by atoms with van der Waals surface area (Å²) in [5, 5.41) is 3.48. The van der Waals surface area contributed by atoms with Gasteiger partial charge < -0.3 is 10.1 Å². The van der Waals surface area contributed by atoms with Gasteiger partial charge in [0.15, 0.2) is 0 Å². The summed E-state index contributed by atoms with van der Waals surface area (Å²) in [6.07, 6.45) is 0. The standard InChI is InChI=1S/C13H21NO/c1-9(2)11(4)14-12-8-10(3)6-7-13(12)15-5/h6-9,11,14H,1-5H3/t11-/m0/s1. The molecule has 0 radical (unpaired) electrons. The maximum atomic E-state index is 5.32. The molecule has 0 heterocycles. The molecule has 0 unspecified atom stereocenters. The van der Waals surface area contributed by atoms with E-state index >= 15 is 0 Å². The molecule has 0 aliphatic heterocycles. The van der Waals surface area contributed by atoms with Crippen molar-refractivity contribution >= 4 is 5.69 Å². The van der Waals surface area contributed by atoms with Gasteiger partial charge in [-0.3, -0.25) is 0 Å². The quantitative estimate of drug-likeness (QED) is 0.816. The predicted molar refractivity (Wildman–Crippen MR) is 65.7 cm³/mol. The summed E-state index contributed by atoms with van der Waals surface area (Å²) < 4.78 is 5.32. The van der Waals surface area contributed by atoms with Crippen LogP contribution >= 0.6 is 0 Å². The van der Waals surface area contributed by atoms with Gasteiger partial charge in [0.05, 0.1) is 12.8 Å². The third-order valence-corrected chi connectivity index (χ3v) is 2.74. The van der Waals surface area contributed by atoms with Crippen molar-refractivity contribution in [2.45, 2.75) is 33.7 Å². The van der Waals surface area contributed by atoms with Crippen molar-refractivity contribution in [1.29, 1.82) is 0 Å². The molecule has 0 spiro atoms. The van der Waals surface area contributed by atoms with Crippen LogP contribution in [0.5, 0.6) is 5.75 Å². The van der Waals surface area contributed by atoms with Crippen molar-refractivity contribution in [3.05, 3.63) is 23.8 Å². The second-order valence-electron chi connectivity index (χ2n) is 4.38. The Labute approximate surface area is 92.6 Å². The highest BCUT2D eigenvalue weighted by Gasteiger charge is 2.09. The average molecular weight is 207 g/mol. The van der Waals surface area contributed by atoms with Crippen LogP contribution in [0.25, 0.3) is 0 Å². The zero-order chi connectivity index (χ0) is 11.4. The zero-order valence-electron chi connectivity index (χ0n) is 10.3. The van der Waals surface area contributed by atoms with Crippen LogP contribution in [-0.2, 0) is 0 Å². The minimum atomic E-state index is 0.445. The zero-order valence-corrected chi connectivity index (χ0v) is 10.3. The molecule has 0 bridgehead atoms. The Hall–Kier alpha value is -1.18. The van der Waals surface area contributed by atoms with Gasteiger partial charge >= 0.3 is 0 Å². The van der Waals surface area contributed by atoms with Gasteiger partial charge in [-0.15, -0.1) is 0 Å². The van der Waals surface area contributed by atoms with Crippen LogP contribution in [0.3, 0.4) is 0 Å². The number of nitrogens with one attached hydrogen (secondary N) is 1. The van der Waals surface area contributed by atoms with Crippen molar-refractivity contribution in [2.75, 3.05) is 12.4 Å². The summed E-state index contributed by atoms with van der Waals surface area (Å²) in [6.45, 7) is 8.69. The monoisotopic (exact) mass is 207 g/mol. The van der Waals surface area contributed by atoms with Crippen molar-refractivity contribution in [2.24, 2.45) is 5.92 Å². The molecule has 1 aromatic rings. The normalized spacial score (nSPS) is 12.7. The van der Waals surface area contributed by atoms with Crippen molar-refractivity contribution in [3.63, 3.8) is 0 Å². The fourth-order valence-electron chi connectivity index (χ4n) is 1.35. The van der Waals surface area contributed by atoms with E-state index in [-0.39, 0.29) is 0 Å². The lowest BCUT2D eigenvalue weighted by Crippen LogP contribution is -2.21. The van der Waals surface area contributed by atoms with Gasteiger partial charge in [-0.25, -0.2) is 0 Å². The summed E-state index contributed by atoms with van der Waals surface area (Å²) in [5.74, 6) is 1.52. The molecule has 84 valence electrons. The summed E-state index contributed by atoms with van der Waals surface area (Å²) in [6, 6.07) is 6.63. The Morgan fingerprint density at radius 2 is 1.87 bits per heavy atom. The van der Waals surface area contributed by atoms with Gasteiger partial charge in [0.25, 0.3) is 0 Å². The Bertz CT molecular complexity index is 320. The summed E-state index contributed by atoms with van der Waals surface area (Å²) >= 11 is 0. The number of benzene rings is 1. The fraction of sp³-hybridized carbons (Fsp3) is 0.538. The van der Waals surface area contributed by atoms with Crippen LogP contribution in [0.1, 0.15) is 26.3 Å². The van der Waals surface area contributed by atoms with Crippen molar-refractivity contribution in [1.82, 2.24) is 0 Å². The molecule has 0 saturated carbocycles. The molecule has 1 atom stereocenters. The summed E-state index contributed by atoms with van der Waals surface area (Å²) in [7, 11) is 1.70. The second kappa shape index (κ2) is 5.06. The van der Waals surface area contributed by atoms with E-state index in [0.29, 0.717) is 12.0 Å². The largest absolute Gasteiger partial charge is 0.495 e. The molecule has 1 N–H and O–H groups in total. The highest BCUT2D eigenvalue weighted by Crippen LogP contribution is 2.26. The molecular formula is C13H21NO. The first-order chi connectivity index (χ1) is 7.04. The highest BCUT2D eigenvalue weighted by molar-refractivity contribution is 5.58. The van der Waals surface area contributed by atoms with Gasteiger partial charge in [-0.05, 0) is 37.5 Å². The number of hydrogen-bond acceptors (Lipinski definition) is 2. The van der Waals surface area contributed by atoms with Crippen LogP contribution in [0, 0.1) is 12.8 Å². The van der Waals surface area contributed by atoms with Crippen LogP contribution < -0.4 is 10.1 Å². The number of ether oxygens (including phenoxy) is 1. The van der Waals surface area contributed by atoms with Crippen molar-refractivity contribution in [3.8, 4) is 5.75 Å². The molecule has 0 amide bonds. The van der Waals surface area contributed by atoms with E-state index in [2.05, 4.69) is 45.1 Å². The molecular weight excluding hydrogens is 186 g/mol. The molecule has 0 aliphatic rings. The molecule has 0 saturated heterocycles. The van der Waals surface area contributed by atoms with E-state index in [9.17, 15) is 0 Å². The van der Waals surface area contributed by atoms with Gasteiger partial charge in [-0.1, -0.05) is 19.9 Å². The molecule has 0 aliphatic carbocycles. The first-order valence-corrected chi connectivity index (χ1v) is 5.45. The van der Waals surface area contributed by atoms with E-state index in [1.54, 1.807) is 7.11 Å². The second-order valence-corrected chi connectivity index (χ2v) is 4.38. The molecule has 1 aromatic carbocycles. The molecule has 0 fully saturated rings. The summed E-state index contributed by atoms with van der Waals surface area (Å²) in [5.41, 5.74) is 2.33. The van der Waals surface area contributed by atoms with Crippen molar-refractivity contribution < 1.29 is 4.74 Å². The molecule has 2 nitrogen and oxygen atoms in total. The third kappa shape index (κ3) is 3.15. The van der Waals surface area contributed by atoms with E-state index < -0.39 is 0 Å². The van der Waals surface area contributed by atoms with Crippen LogP contribution in [0.15, 0.2) is 18.2 Å². The van der Waals surface area contributed by atoms with Gasteiger partial charge in [0.2, 0.25) is 0 Å². The smallest absolute Gasteiger partial charge is 0.141 e. The van der Waals surface area contributed by atoms with Crippen LogP contribution in [0.2, 0.25) is 0 Å². The number of aryl methyl sites for hydroxylation is 1. The maximum absolute atomic E-state index is 5.32. The average Bonchev–Trinajstić information content (AvgIpc) is 2.18. The summed E-state index contributed by atoms with van der Waals surface area (Å²) in [4.78, 5) is 0. The Morgan fingerprint density at radius 3 is 2.40 bits per heavy atom. The van der Waals surface area contributed by atoms with E-state index in [1.165, 1.54) is 5.56 Å². The number of methoxy groups -OCH3 is 1. The van der Waals surface area contributed by atoms with Gasteiger partial charge in [-0.2, -0.15) is 0 Å². The maximum Gasteiger partial charge on any atom is 0.141 e. The predicted octanol–water partition coefficient (Wildman–Crippen LogP) is 3.46. The Balaban J connectivity index is 2.87. The first-order valence-electron chi connectivity index (χ1n) is 5.45. The molecule has 2 heteroatoms. The minimum Gasteiger partial charge on any atom is -0.495 e. The molecule has 0 aromatic heterocycles. The minimum absolute atomic E-state index is 0.445. The number of rotatable bonds is 4. The lowest BCUT2D eigenvalue weighted by Gasteiger charge is -2.20. The molecule has 15 heavy (non-hydrogen) atoms. The SMILES string of the molecule is COc1ccc(C)cc1N[C@@H](C)C(C)C. The lowest BCUT2D eigenvalue weighted by atomic mass is 10.1. The van der Waals surface area contributed by atoms with E-state index in [4.69, 9.17) is 4.74 Å². The number of anilines is 1. The lowest BCUT2D eigenvalue weighted by molar-refractivity contribution is 0.415. The van der Waals surface area contributed by atoms with Gasteiger partial charge in [0, 0.05) is 6.04 Å².